The molecule has 2 aromatic heterocycles. The van der Waals surface area contributed by atoms with Crippen molar-refractivity contribution in [2.24, 2.45) is 0 Å². The Morgan fingerprint density at radius 1 is 1.00 bits per heavy atom. The molecule has 2 aliphatic rings. The Kier molecular flexibility index (Phi) is 6.60. The molecule has 0 N–H and O–H groups in total. The Morgan fingerprint density at radius 2 is 1.81 bits per heavy atom. The average Bonchev–Trinajstić information content (AvgIpc) is 3.26. The van der Waals surface area contributed by atoms with Gasteiger partial charge in [0.1, 0.15) is 5.82 Å². The van der Waals surface area contributed by atoms with Crippen LogP contribution in [0.2, 0.25) is 0 Å². The Bertz CT molecular complexity index is 1370. The van der Waals surface area contributed by atoms with Crippen LogP contribution in [0.1, 0.15) is 49.3 Å². The number of nitrogens with zero attached hydrogens (tertiary/aromatic N) is 6. The van der Waals surface area contributed by atoms with E-state index in [1.54, 1.807) is 18.5 Å². The van der Waals surface area contributed by atoms with Gasteiger partial charge in [0.2, 0.25) is 5.91 Å². The summed E-state index contributed by atoms with van der Waals surface area (Å²) in [4.78, 5) is 26.4. The van der Waals surface area contributed by atoms with Gasteiger partial charge >= 0.3 is 0 Å². The molecule has 6 rings (SSSR count). The molecule has 1 saturated heterocycles. The number of aryl methyl sites for hydroxylation is 1. The van der Waals surface area contributed by atoms with Crippen molar-refractivity contribution in [3.63, 3.8) is 0 Å². The molecular weight excluding hydrogens is 460 g/mol. The van der Waals surface area contributed by atoms with Crippen molar-refractivity contribution in [3.05, 3.63) is 84.1 Å². The topological polar surface area (TPSA) is 67.2 Å². The molecule has 1 aliphatic heterocycles. The van der Waals surface area contributed by atoms with Gasteiger partial charge in [-0.05, 0) is 61.9 Å². The summed E-state index contributed by atoms with van der Waals surface area (Å²) in [6, 6.07) is 19.7. The zero-order valence-corrected chi connectivity index (χ0v) is 21.5. The van der Waals surface area contributed by atoms with Gasteiger partial charge in [-0.15, -0.1) is 0 Å². The summed E-state index contributed by atoms with van der Waals surface area (Å²) in [5.41, 5.74) is 4.90. The third kappa shape index (κ3) is 4.82. The van der Waals surface area contributed by atoms with Crippen molar-refractivity contribution < 1.29 is 4.79 Å². The molecule has 7 heteroatoms. The van der Waals surface area contributed by atoms with Gasteiger partial charge in [0, 0.05) is 43.1 Å². The Labute approximate surface area is 218 Å². The molecule has 2 aromatic carbocycles. The van der Waals surface area contributed by atoms with E-state index < -0.39 is 0 Å². The number of amides is 1. The van der Waals surface area contributed by atoms with Crippen LogP contribution in [0.3, 0.4) is 0 Å². The standard InChI is InChI=1S/C30H34N6O/c1-2-27-26-13-12-24(19-28(26)36(33-27)23-10-6-11-23)34-16-17-35(30(37)20-29-31-14-7-15-32-29)25(21-34)18-22-8-4-3-5-9-22/h3-5,7-9,12-15,19,23,25H,2,6,10-11,16-18,20-21H2,1H3. The van der Waals surface area contributed by atoms with E-state index >= 15 is 0 Å². The van der Waals surface area contributed by atoms with Crippen LogP contribution in [0, 0.1) is 0 Å². The first-order chi connectivity index (χ1) is 18.2. The molecule has 1 saturated carbocycles. The predicted molar refractivity (Wildman–Crippen MR) is 146 cm³/mol. The van der Waals surface area contributed by atoms with E-state index in [4.69, 9.17) is 5.10 Å². The van der Waals surface area contributed by atoms with Crippen molar-refractivity contribution in [1.82, 2.24) is 24.6 Å². The molecule has 0 bridgehead atoms. The molecule has 0 radical (unpaired) electrons. The molecular formula is C30H34N6O. The zero-order valence-electron chi connectivity index (χ0n) is 21.5. The highest BCUT2D eigenvalue weighted by Crippen LogP contribution is 2.36. The van der Waals surface area contributed by atoms with E-state index in [0.29, 0.717) is 18.4 Å². The maximum Gasteiger partial charge on any atom is 0.230 e. The number of carbonyl (C=O) groups is 1. The van der Waals surface area contributed by atoms with Crippen LogP contribution in [-0.2, 0) is 24.1 Å². The molecule has 4 aromatic rings. The number of fused-ring (bicyclic) bond motifs is 1. The number of benzene rings is 2. The fourth-order valence-corrected chi connectivity index (χ4v) is 5.70. The van der Waals surface area contributed by atoms with Crippen LogP contribution in [0.5, 0.6) is 0 Å². The minimum atomic E-state index is 0.0748. The third-order valence-electron chi connectivity index (χ3n) is 7.93. The molecule has 1 unspecified atom stereocenters. The van der Waals surface area contributed by atoms with E-state index in [2.05, 4.69) is 68.9 Å². The summed E-state index contributed by atoms with van der Waals surface area (Å²) in [6.07, 6.45) is 9.12. The van der Waals surface area contributed by atoms with Crippen LogP contribution in [-0.4, -0.2) is 56.2 Å². The van der Waals surface area contributed by atoms with Gasteiger partial charge in [0.25, 0.3) is 0 Å². The minimum Gasteiger partial charge on any atom is -0.368 e. The van der Waals surface area contributed by atoms with Gasteiger partial charge in [0.15, 0.2) is 0 Å². The van der Waals surface area contributed by atoms with Crippen LogP contribution in [0.25, 0.3) is 10.9 Å². The number of hydrogen-bond donors (Lipinski definition) is 0. The highest BCUT2D eigenvalue weighted by Gasteiger charge is 2.32. The normalized spacial score (nSPS) is 18.2. The van der Waals surface area contributed by atoms with E-state index in [1.165, 1.54) is 47.1 Å². The second-order valence-corrected chi connectivity index (χ2v) is 10.2. The van der Waals surface area contributed by atoms with Gasteiger partial charge in [0.05, 0.1) is 29.7 Å². The smallest absolute Gasteiger partial charge is 0.230 e. The van der Waals surface area contributed by atoms with Crippen molar-refractivity contribution in [2.45, 2.75) is 57.5 Å². The highest BCUT2D eigenvalue weighted by molar-refractivity contribution is 5.86. The molecule has 2 fully saturated rings. The molecule has 7 nitrogen and oxygen atoms in total. The lowest BCUT2D eigenvalue weighted by Gasteiger charge is -2.42. The largest absolute Gasteiger partial charge is 0.368 e. The number of carbonyl (C=O) groups excluding carboxylic acids is 1. The summed E-state index contributed by atoms with van der Waals surface area (Å²) in [6.45, 7) is 4.46. The fourth-order valence-electron chi connectivity index (χ4n) is 5.70. The van der Waals surface area contributed by atoms with Gasteiger partial charge in [-0.1, -0.05) is 37.3 Å². The Hall–Kier alpha value is -3.74. The summed E-state index contributed by atoms with van der Waals surface area (Å²) in [5.74, 6) is 0.674. The minimum absolute atomic E-state index is 0.0748. The van der Waals surface area contributed by atoms with Crippen LogP contribution in [0.4, 0.5) is 5.69 Å². The maximum atomic E-state index is 13.4. The van der Waals surface area contributed by atoms with Crippen LogP contribution in [0.15, 0.2) is 67.0 Å². The van der Waals surface area contributed by atoms with E-state index in [1.807, 2.05) is 11.0 Å². The molecule has 3 heterocycles. The molecule has 37 heavy (non-hydrogen) atoms. The van der Waals surface area contributed by atoms with Gasteiger partial charge in [-0.3, -0.25) is 9.48 Å². The number of rotatable bonds is 7. The predicted octanol–water partition coefficient (Wildman–Crippen LogP) is 4.62. The average molecular weight is 495 g/mol. The summed E-state index contributed by atoms with van der Waals surface area (Å²) in [5, 5.41) is 6.27. The van der Waals surface area contributed by atoms with Crippen molar-refractivity contribution in [3.8, 4) is 0 Å². The lowest BCUT2D eigenvalue weighted by atomic mass is 9.93. The van der Waals surface area contributed by atoms with Crippen molar-refractivity contribution in [2.75, 3.05) is 24.5 Å². The number of anilines is 1. The summed E-state index contributed by atoms with van der Waals surface area (Å²) >= 11 is 0. The second-order valence-electron chi connectivity index (χ2n) is 10.2. The number of hydrogen-bond acceptors (Lipinski definition) is 5. The van der Waals surface area contributed by atoms with Crippen molar-refractivity contribution >= 4 is 22.5 Å². The van der Waals surface area contributed by atoms with E-state index in [9.17, 15) is 4.79 Å². The number of piperazine rings is 1. The molecule has 1 amide bonds. The molecule has 0 spiro atoms. The summed E-state index contributed by atoms with van der Waals surface area (Å²) in [7, 11) is 0. The molecule has 190 valence electrons. The van der Waals surface area contributed by atoms with E-state index in [-0.39, 0.29) is 18.4 Å². The first-order valence-corrected chi connectivity index (χ1v) is 13.5. The van der Waals surface area contributed by atoms with Crippen molar-refractivity contribution in [1.29, 1.82) is 0 Å². The van der Waals surface area contributed by atoms with Crippen LogP contribution >= 0.6 is 0 Å². The lowest BCUT2D eigenvalue weighted by Crippen LogP contribution is -2.56. The van der Waals surface area contributed by atoms with Gasteiger partial charge in [-0.25, -0.2) is 9.97 Å². The summed E-state index contributed by atoms with van der Waals surface area (Å²) < 4.78 is 2.28. The van der Waals surface area contributed by atoms with Gasteiger partial charge < -0.3 is 9.80 Å². The maximum absolute atomic E-state index is 13.4. The quantitative estimate of drug-likeness (QED) is 0.375. The first kappa shape index (κ1) is 23.6. The SMILES string of the molecule is CCc1nn(C2CCC2)c2cc(N3CCN(C(=O)Cc4ncccn4)C(Cc4ccccc4)C3)ccc12. The molecule has 1 atom stereocenters. The fraction of sp³-hybridized carbons (Fsp3) is 0.400. The monoisotopic (exact) mass is 494 g/mol. The second kappa shape index (κ2) is 10.3. The third-order valence-corrected chi connectivity index (χ3v) is 7.93. The highest BCUT2D eigenvalue weighted by atomic mass is 16.2. The lowest BCUT2D eigenvalue weighted by molar-refractivity contribution is -0.133. The van der Waals surface area contributed by atoms with Gasteiger partial charge in [-0.2, -0.15) is 5.10 Å². The molecule has 1 aliphatic carbocycles. The zero-order chi connectivity index (χ0) is 25.2. The first-order valence-electron chi connectivity index (χ1n) is 13.5. The Balaban J connectivity index is 1.27. The Morgan fingerprint density at radius 3 is 2.54 bits per heavy atom. The van der Waals surface area contributed by atoms with E-state index in [0.717, 1.165) is 25.9 Å². The number of aromatic nitrogens is 4. The van der Waals surface area contributed by atoms with Crippen LogP contribution < -0.4 is 4.90 Å².